The van der Waals surface area contributed by atoms with E-state index in [4.69, 9.17) is 0 Å². The van der Waals surface area contributed by atoms with Gasteiger partial charge in [-0.05, 0) is 55.8 Å². The van der Waals surface area contributed by atoms with Crippen molar-refractivity contribution in [3.8, 4) is 0 Å². The Labute approximate surface area is 121 Å². The summed E-state index contributed by atoms with van der Waals surface area (Å²) in [6.07, 6.45) is 8.06. The third-order valence-corrected chi connectivity index (χ3v) is 5.22. The smallest absolute Gasteiger partial charge is 0.146 e. The Morgan fingerprint density at radius 1 is 1.15 bits per heavy atom. The number of piperidine rings is 1. The molecule has 1 spiro atoms. The van der Waals surface area contributed by atoms with Crippen molar-refractivity contribution in [2.24, 2.45) is 5.41 Å². The number of hydrogen-bond donors (Lipinski definition) is 1. The van der Waals surface area contributed by atoms with Crippen LogP contribution in [-0.2, 0) is 6.54 Å². The molecule has 2 nitrogen and oxygen atoms in total. The van der Waals surface area contributed by atoms with E-state index in [1.807, 2.05) is 19.2 Å². The average Bonchev–Trinajstić information content (AvgIpc) is 2.89. The minimum atomic E-state index is -0.0693. The Morgan fingerprint density at radius 2 is 1.85 bits per heavy atom. The van der Waals surface area contributed by atoms with Crippen molar-refractivity contribution >= 4 is 5.69 Å². The van der Waals surface area contributed by atoms with Gasteiger partial charge in [-0.2, -0.15) is 0 Å². The van der Waals surface area contributed by atoms with Crippen molar-refractivity contribution in [3.63, 3.8) is 0 Å². The predicted molar refractivity (Wildman–Crippen MR) is 81.5 cm³/mol. The summed E-state index contributed by atoms with van der Waals surface area (Å²) in [6.45, 7) is 2.75. The van der Waals surface area contributed by atoms with E-state index >= 15 is 0 Å². The van der Waals surface area contributed by atoms with Gasteiger partial charge in [0.05, 0.1) is 5.69 Å². The second kappa shape index (κ2) is 5.72. The van der Waals surface area contributed by atoms with E-state index < -0.39 is 0 Å². The van der Waals surface area contributed by atoms with Crippen LogP contribution in [0.15, 0.2) is 18.2 Å². The quantitative estimate of drug-likeness (QED) is 0.905. The van der Waals surface area contributed by atoms with E-state index in [1.54, 1.807) is 6.07 Å². The number of rotatable bonds is 3. The number of nitrogens with zero attached hydrogens (tertiary/aromatic N) is 1. The summed E-state index contributed by atoms with van der Waals surface area (Å²) in [4.78, 5) is 2.24. The van der Waals surface area contributed by atoms with Crippen molar-refractivity contribution in [1.29, 1.82) is 0 Å². The summed E-state index contributed by atoms with van der Waals surface area (Å²) < 4.78 is 14.3. The first kappa shape index (κ1) is 13.9. The molecule has 1 saturated heterocycles. The minimum absolute atomic E-state index is 0.0693. The van der Waals surface area contributed by atoms with E-state index in [9.17, 15) is 4.39 Å². The Morgan fingerprint density at radius 3 is 2.45 bits per heavy atom. The van der Waals surface area contributed by atoms with Gasteiger partial charge in [0, 0.05) is 19.6 Å². The fourth-order valence-corrected chi connectivity index (χ4v) is 3.97. The van der Waals surface area contributed by atoms with Gasteiger partial charge in [-0.25, -0.2) is 4.39 Å². The second-order valence-corrected chi connectivity index (χ2v) is 6.51. The van der Waals surface area contributed by atoms with Crippen LogP contribution in [-0.4, -0.2) is 20.1 Å². The summed E-state index contributed by atoms with van der Waals surface area (Å²) >= 11 is 0. The zero-order chi connectivity index (χ0) is 14.0. The normalized spacial score (nSPS) is 21.6. The highest BCUT2D eigenvalue weighted by atomic mass is 19.1. The molecular formula is C17H25FN2. The van der Waals surface area contributed by atoms with Crippen LogP contribution >= 0.6 is 0 Å². The van der Waals surface area contributed by atoms with Crippen molar-refractivity contribution in [2.75, 3.05) is 25.0 Å². The van der Waals surface area contributed by atoms with Gasteiger partial charge in [0.25, 0.3) is 0 Å². The maximum Gasteiger partial charge on any atom is 0.146 e. The SMILES string of the molecule is CNCc1ccc(N2CCC3(CCCC3)CC2)c(F)c1. The third kappa shape index (κ3) is 2.69. The molecule has 3 heteroatoms. The van der Waals surface area contributed by atoms with Crippen molar-refractivity contribution < 1.29 is 4.39 Å². The van der Waals surface area contributed by atoms with Gasteiger partial charge in [-0.15, -0.1) is 0 Å². The lowest BCUT2D eigenvalue weighted by Gasteiger charge is -2.40. The largest absolute Gasteiger partial charge is 0.369 e. The number of nitrogens with one attached hydrogen (secondary N) is 1. The van der Waals surface area contributed by atoms with E-state index in [2.05, 4.69) is 10.2 Å². The molecule has 2 fully saturated rings. The highest BCUT2D eigenvalue weighted by Gasteiger charge is 2.37. The molecule has 3 rings (SSSR count). The van der Waals surface area contributed by atoms with Gasteiger partial charge in [0.1, 0.15) is 5.82 Å². The van der Waals surface area contributed by atoms with Gasteiger partial charge in [0.2, 0.25) is 0 Å². The first-order chi connectivity index (χ1) is 9.72. The molecule has 1 aliphatic heterocycles. The zero-order valence-corrected chi connectivity index (χ0v) is 12.4. The minimum Gasteiger partial charge on any atom is -0.369 e. The first-order valence-corrected chi connectivity index (χ1v) is 7.90. The standard InChI is InChI=1S/C17H25FN2/c1-19-13-14-4-5-16(15(18)12-14)20-10-8-17(9-11-20)6-2-3-7-17/h4-5,12,19H,2-3,6-11,13H2,1H3. The van der Waals surface area contributed by atoms with Crippen LogP contribution in [0.3, 0.4) is 0 Å². The van der Waals surface area contributed by atoms with E-state index in [0.717, 1.165) is 30.9 Å². The zero-order valence-electron chi connectivity index (χ0n) is 12.4. The van der Waals surface area contributed by atoms with Crippen LogP contribution in [0.4, 0.5) is 10.1 Å². The maximum absolute atomic E-state index is 14.3. The molecule has 1 aromatic carbocycles. The van der Waals surface area contributed by atoms with Crippen LogP contribution in [0.25, 0.3) is 0 Å². The molecule has 1 N–H and O–H groups in total. The lowest BCUT2D eigenvalue weighted by molar-refractivity contribution is 0.226. The van der Waals surface area contributed by atoms with Crippen molar-refractivity contribution in [3.05, 3.63) is 29.6 Å². The number of halogens is 1. The van der Waals surface area contributed by atoms with E-state index in [-0.39, 0.29) is 5.82 Å². The van der Waals surface area contributed by atoms with Gasteiger partial charge in [-0.3, -0.25) is 0 Å². The monoisotopic (exact) mass is 276 g/mol. The molecule has 110 valence electrons. The molecule has 0 unspecified atom stereocenters. The van der Waals surface area contributed by atoms with Gasteiger partial charge >= 0.3 is 0 Å². The fourth-order valence-electron chi connectivity index (χ4n) is 3.97. The van der Waals surface area contributed by atoms with Crippen molar-refractivity contribution in [1.82, 2.24) is 5.32 Å². The van der Waals surface area contributed by atoms with Gasteiger partial charge in [0.15, 0.2) is 0 Å². The van der Waals surface area contributed by atoms with Crippen LogP contribution in [0.5, 0.6) is 0 Å². The third-order valence-electron chi connectivity index (χ3n) is 5.22. The summed E-state index contributed by atoms with van der Waals surface area (Å²) in [5.74, 6) is -0.0693. The molecule has 0 aromatic heterocycles. The second-order valence-electron chi connectivity index (χ2n) is 6.51. The molecule has 1 saturated carbocycles. The van der Waals surface area contributed by atoms with E-state index in [1.165, 1.54) is 38.5 Å². The molecule has 20 heavy (non-hydrogen) atoms. The summed E-state index contributed by atoms with van der Waals surface area (Å²) in [6, 6.07) is 5.66. The van der Waals surface area contributed by atoms with Crippen LogP contribution < -0.4 is 10.2 Å². The molecule has 0 amide bonds. The molecule has 2 aliphatic rings. The first-order valence-electron chi connectivity index (χ1n) is 7.90. The van der Waals surface area contributed by atoms with Crippen LogP contribution in [0.1, 0.15) is 44.1 Å². The van der Waals surface area contributed by atoms with Crippen LogP contribution in [0.2, 0.25) is 0 Å². The molecule has 1 aromatic rings. The Kier molecular flexibility index (Phi) is 3.97. The molecule has 0 atom stereocenters. The molecule has 0 radical (unpaired) electrons. The summed E-state index contributed by atoms with van der Waals surface area (Å²) in [7, 11) is 1.89. The Balaban J connectivity index is 1.68. The maximum atomic E-state index is 14.3. The van der Waals surface area contributed by atoms with Gasteiger partial charge < -0.3 is 10.2 Å². The highest BCUT2D eigenvalue weighted by molar-refractivity contribution is 5.49. The fraction of sp³-hybridized carbons (Fsp3) is 0.647. The number of anilines is 1. The van der Waals surface area contributed by atoms with E-state index in [0.29, 0.717) is 5.41 Å². The number of hydrogen-bond acceptors (Lipinski definition) is 2. The van der Waals surface area contributed by atoms with Crippen LogP contribution in [0, 0.1) is 11.2 Å². The Hall–Kier alpha value is -1.09. The molecule has 1 aliphatic carbocycles. The highest BCUT2D eigenvalue weighted by Crippen LogP contribution is 2.46. The molecule has 1 heterocycles. The summed E-state index contributed by atoms with van der Waals surface area (Å²) in [5.41, 5.74) is 2.40. The van der Waals surface area contributed by atoms with Gasteiger partial charge in [-0.1, -0.05) is 18.9 Å². The summed E-state index contributed by atoms with van der Waals surface area (Å²) in [5, 5.41) is 3.06. The topological polar surface area (TPSA) is 15.3 Å². The lowest BCUT2D eigenvalue weighted by atomic mass is 9.77. The molecular weight excluding hydrogens is 251 g/mol. The molecule has 0 bridgehead atoms. The average molecular weight is 276 g/mol. The van der Waals surface area contributed by atoms with Crippen molar-refractivity contribution in [2.45, 2.75) is 45.1 Å². The Bertz CT molecular complexity index is 456. The lowest BCUT2D eigenvalue weighted by Crippen LogP contribution is -2.39. The predicted octanol–water partition coefficient (Wildman–Crippen LogP) is 3.71. The number of benzene rings is 1.